The number of benzene rings is 1. The van der Waals surface area contributed by atoms with Crippen LogP contribution in [0.25, 0.3) is 0 Å². The fraction of sp³-hybridized carbons (Fsp3) is 0.632. The number of nitrogens with one attached hydrogen (secondary N) is 2. The molecule has 23 heavy (non-hydrogen) atoms. The Balaban J connectivity index is 1.15. The number of carbonyl (C=O) groups excluding carboxylic acids is 1. The molecule has 1 aromatic carbocycles. The van der Waals surface area contributed by atoms with Gasteiger partial charge in [-0.15, -0.1) is 0 Å². The second-order valence-electron chi connectivity index (χ2n) is 7.42. The SMILES string of the molecule is O=C(NC1CC1)N1CCC(CN[C@@H]2C[C@H]2c2ccccc2)CC1. The maximum atomic E-state index is 12.0. The first kappa shape index (κ1) is 15.0. The third kappa shape index (κ3) is 3.86. The van der Waals surface area contributed by atoms with E-state index in [-0.39, 0.29) is 6.03 Å². The molecular formula is C19H27N3O. The second kappa shape index (κ2) is 6.52. The molecule has 0 spiro atoms. The maximum absolute atomic E-state index is 12.0. The first-order valence-corrected chi connectivity index (χ1v) is 9.13. The third-order valence-corrected chi connectivity index (χ3v) is 5.49. The molecule has 4 rings (SSSR count). The predicted octanol–water partition coefficient (Wildman–Crippen LogP) is 2.72. The molecule has 4 heteroatoms. The van der Waals surface area contributed by atoms with Gasteiger partial charge in [-0.05, 0) is 50.1 Å². The van der Waals surface area contributed by atoms with Crippen molar-refractivity contribution >= 4 is 6.03 Å². The van der Waals surface area contributed by atoms with E-state index in [4.69, 9.17) is 0 Å². The minimum Gasteiger partial charge on any atom is -0.335 e. The third-order valence-electron chi connectivity index (χ3n) is 5.49. The lowest BCUT2D eigenvalue weighted by molar-refractivity contribution is 0.169. The van der Waals surface area contributed by atoms with Crippen LogP contribution >= 0.6 is 0 Å². The van der Waals surface area contributed by atoms with E-state index in [2.05, 4.69) is 41.0 Å². The Morgan fingerprint density at radius 1 is 1.09 bits per heavy atom. The van der Waals surface area contributed by atoms with Gasteiger partial charge in [0, 0.05) is 31.1 Å². The van der Waals surface area contributed by atoms with Crippen LogP contribution in [-0.4, -0.2) is 42.6 Å². The lowest BCUT2D eigenvalue weighted by atomic mass is 9.97. The van der Waals surface area contributed by atoms with Gasteiger partial charge in [0.2, 0.25) is 0 Å². The number of urea groups is 1. The number of hydrogen-bond acceptors (Lipinski definition) is 2. The lowest BCUT2D eigenvalue weighted by Crippen LogP contribution is -2.46. The van der Waals surface area contributed by atoms with Crippen LogP contribution in [0.4, 0.5) is 4.79 Å². The molecule has 3 aliphatic rings. The van der Waals surface area contributed by atoms with E-state index >= 15 is 0 Å². The molecule has 124 valence electrons. The van der Waals surface area contributed by atoms with Crippen LogP contribution in [0.3, 0.4) is 0 Å². The van der Waals surface area contributed by atoms with Crippen LogP contribution in [0.1, 0.15) is 43.6 Å². The Morgan fingerprint density at radius 2 is 1.83 bits per heavy atom. The van der Waals surface area contributed by atoms with Gasteiger partial charge in [0.25, 0.3) is 0 Å². The average molecular weight is 313 g/mol. The van der Waals surface area contributed by atoms with Crippen molar-refractivity contribution in [1.82, 2.24) is 15.5 Å². The molecular weight excluding hydrogens is 286 g/mol. The number of piperidine rings is 1. The van der Waals surface area contributed by atoms with Crippen molar-refractivity contribution in [2.45, 2.75) is 50.1 Å². The summed E-state index contributed by atoms with van der Waals surface area (Å²) in [7, 11) is 0. The van der Waals surface area contributed by atoms with Gasteiger partial charge >= 0.3 is 6.03 Å². The Morgan fingerprint density at radius 3 is 2.52 bits per heavy atom. The zero-order valence-corrected chi connectivity index (χ0v) is 13.7. The normalized spacial score (nSPS) is 27.7. The van der Waals surface area contributed by atoms with Gasteiger partial charge in [0.1, 0.15) is 0 Å². The van der Waals surface area contributed by atoms with Crippen LogP contribution in [0, 0.1) is 5.92 Å². The highest BCUT2D eigenvalue weighted by atomic mass is 16.2. The van der Waals surface area contributed by atoms with E-state index in [1.54, 1.807) is 0 Å². The quantitative estimate of drug-likeness (QED) is 0.878. The molecule has 1 aromatic rings. The van der Waals surface area contributed by atoms with Crippen molar-refractivity contribution in [2.75, 3.05) is 19.6 Å². The van der Waals surface area contributed by atoms with Crippen LogP contribution in [0.2, 0.25) is 0 Å². The van der Waals surface area contributed by atoms with Gasteiger partial charge in [-0.3, -0.25) is 0 Å². The molecule has 3 fully saturated rings. The molecule has 2 N–H and O–H groups in total. The average Bonchev–Trinajstić information content (AvgIpc) is 3.50. The Labute approximate surface area is 138 Å². The number of carbonyl (C=O) groups is 1. The topological polar surface area (TPSA) is 44.4 Å². The monoisotopic (exact) mass is 313 g/mol. The van der Waals surface area contributed by atoms with Crippen molar-refractivity contribution in [3.8, 4) is 0 Å². The van der Waals surface area contributed by atoms with E-state index in [1.807, 2.05) is 4.90 Å². The van der Waals surface area contributed by atoms with E-state index in [1.165, 1.54) is 12.0 Å². The van der Waals surface area contributed by atoms with Crippen molar-refractivity contribution in [3.05, 3.63) is 35.9 Å². The molecule has 0 unspecified atom stereocenters. The number of likely N-dealkylation sites (tertiary alicyclic amines) is 1. The second-order valence-corrected chi connectivity index (χ2v) is 7.42. The van der Waals surface area contributed by atoms with Crippen LogP contribution in [-0.2, 0) is 0 Å². The summed E-state index contributed by atoms with van der Waals surface area (Å²) in [5, 5.41) is 6.84. The zero-order chi connectivity index (χ0) is 15.6. The molecule has 0 radical (unpaired) electrons. The fourth-order valence-electron chi connectivity index (χ4n) is 3.64. The van der Waals surface area contributed by atoms with Crippen molar-refractivity contribution in [2.24, 2.45) is 5.92 Å². The summed E-state index contributed by atoms with van der Waals surface area (Å²) < 4.78 is 0. The molecule has 0 bridgehead atoms. The lowest BCUT2D eigenvalue weighted by Gasteiger charge is -2.32. The van der Waals surface area contributed by atoms with Crippen LogP contribution < -0.4 is 10.6 Å². The zero-order valence-electron chi connectivity index (χ0n) is 13.7. The minimum absolute atomic E-state index is 0.158. The van der Waals surface area contributed by atoms with E-state index in [9.17, 15) is 4.79 Å². The highest BCUT2D eigenvalue weighted by Crippen LogP contribution is 2.40. The van der Waals surface area contributed by atoms with Gasteiger partial charge < -0.3 is 15.5 Å². The molecule has 2 saturated carbocycles. The van der Waals surface area contributed by atoms with E-state index < -0.39 is 0 Å². The summed E-state index contributed by atoms with van der Waals surface area (Å²) in [4.78, 5) is 14.0. The highest BCUT2D eigenvalue weighted by molar-refractivity contribution is 5.74. The summed E-state index contributed by atoms with van der Waals surface area (Å²) in [5.41, 5.74) is 1.47. The number of rotatable bonds is 5. The molecule has 4 nitrogen and oxygen atoms in total. The largest absolute Gasteiger partial charge is 0.335 e. The molecule has 2 amide bonds. The highest BCUT2D eigenvalue weighted by Gasteiger charge is 2.38. The van der Waals surface area contributed by atoms with Gasteiger partial charge in [0.15, 0.2) is 0 Å². The van der Waals surface area contributed by atoms with Crippen LogP contribution in [0.15, 0.2) is 30.3 Å². The summed E-state index contributed by atoms with van der Waals surface area (Å²) >= 11 is 0. The van der Waals surface area contributed by atoms with Crippen molar-refractivity contribution < 1.29 is 4.79 Å². The smallest absolute Gasteiger partial charge is 0.317 e. The molecule has 1 heterocycles. The number of hydrogen-bond donors (Lipinski definition) is 2. The summed E-state index contributed by atoms with van der Waals surface area (Å²) in [6, 6.07) is 12.1. The standard InChI is InChI=1S/C19H27N3O/c23-19(21-16-6-7-16)22-10-8-14(9-11-22)13-20-18-12-17(18)15-4-2-1-3-5-15/h1-5,14,16-18,20H,6-13H2,(H,21,23)/t17-,18+/m0/s1. The Kier molecular flexibility index (Phi) is 4.25. The number of nitrogens with zero attached hydrogens (tertiary/aromatic N) is 1. The fourth-order valence-corrected chi connectivity index (χ4v) is 3.64. The first-order chi connectivity index (χ1) is 11.3. The van der Waals surface area contributed by atoms with Gasteiger partial charge in [-0.2, -0.15) is 0 Å². The molecule has 1 saturated heterocycles. The summed E-state index contributed by atoms with van der Waals surface area (Å²) in [6.07, 6.45) is 5.86. The van der Waals surface area contributed by atoms with Gasteiger partial charge in [-0.1, -0.05) is 30.3 Å². The van der Waals surface area contributed by atoms with E-state index in [0.29, 0.717) is 18.0 Å². The first-order valence-electron chi connectivity index (χ1n) is 9.13. The van der Waals surface area contributed by atoms with E-state index in [0.717, 1.165) is 51.2 Å². The summed E-state index contributed by atoms with van der Waals surface area (Å²) in [5.74, 6) is 1.43. The predicted molar refractivity (Wildman–Crippen MR) is 91.4 cm³/mol. The molecule has 1 aliphatic heterocycles. The van der Waals surface area contributed by atoms with Crippen molar-refractivity contribution in [1.29, 1.82) is 0 Å². The summed E-state index contributed by atoms with van der Waals surface area (Å²) in [6.45, 7) is 2.93. The molecule has 2 atom stereocenters. The van der Waals surface area contributed by atoms with Gasteiger partial charge in [0.05, 0.1) is 0 Å². The molecule has 0 aromatic heterocycles. The Bertz CT molecular complexity index is 535. The molecule has 2 aliphatic carbocycles. The maximum Gasteiger partial charge on any atom is 0.317 e. The van der Waals surface area contributed by atoms with Crippen molar-refractivity contribution in [3.63, 3.8) is 0 Å². The number of amides is 2. The Hall–Kier alpha value is -1.55. The van der Waals surface area contributed by atoms with Gasteiger partial charge in [-0.25, -0.2) is 4.79 Å². The van der Waals surface area contributed by atoms with Crippen LogP contribution in [0.5, 0.6) is 0 Å². The minimum atomic E-state index is 0.158.